The minimum Gasteiger partial charge on any atom is -0.395 e. The lowest BCUT2D eigenvalue weighted by molar-refractivity contribution is 0.0190. The summed E-state index contributed by atoms with van der Waals surface area (Å²) in [4.78, 5) is 0. The van der Waals surface area contributed by atoms with Gasteiger partial charge in [-0.15, -0.1) is 0 Å². The van der Waals surface area contributed by atoms with Crippen LogP contribution in [0.3, 0.4) is 0 Å². The molecule has 3 N–H and O–H groups in total. The molecule has 0 aromatic heterocycles. The molecule has 4 heteroatoms. The second kappa shape index (κ2) is 6.12. The molecular formula is C13H19NO3. The highest BCUT2D eigenvalue weighted by Gasteiger charge is 2.33. The molecule has 1 saturated heterocycles. The molecule has 1 aromatic rings. The van der Waals surface area contributed by atoms with Crippen LogP contribution in [0.15, 0.2) is 30.3 Å². The molecule has 0 radical (unpaired) electrons. The van der Waals surface area contributed by atoms with Gasteiger partial charge in [-0.2, -0.15) is 0 Å². The van der Waals surface area contributed by atoms with Crippen molar-refractivity contribution < 1.29 is 14.9 Å². The highest BCUT2D eigenvalue weighted by molar-refractivity contribution is 5.13. The van der Waals surface area contributed by atoms with Crippen molar-refractivity contribution in [1.29, 1.82) is 0 Å². The summed E-state index contributed by atoms with van der Waals surface area (Å²) in [6.45, 7) is 0.666. The summed E-state index contributed by atoms with van der Waals surface area (Å²) in [5.41, 5.74) is 1.12. The molecule has 1 heterocycles. The van der Waals surface area contributed by atoms with E-state index in [1.165, 1.54) is 0 Å². The maximum atomic E-state index is 9.22. The van der Waals surface area contributed by atoms with E-state index in [-0.39, 0.29) is 31.4 Å². The highest BCUT2D eigenvalue weighted by atomic mass is 16.5. The Hall–Kier alpha value is -0.940. The number of hydrogen-bond donors (Lipinski definition) is 3. The number of nitrogens with one attached hydrogen (secondary N) is 1. The quantitative estimate of drug-likeness (QED) is 0.688. The van der Waals surface area contributed by atoms with Crippen LogP contribution >= 0.6 is 0 Å². The third-order valence-electron chi connectivity index (χ3n) is 3.14. The first-order valence-electron chi connectivity index (χ1n) is 5.96. The van der Waals surface area contributed by atoms with Crippen molar-refractivity contribution >= 4 is 0 Å². The summed E-state index contributed by atoms with van der Waals surface area (Å²) in [7, 11) is 0. The van der Waals surface area contributed by atoms with Crippen LogP contribution in [0.2, 0.25) is 0 Å². The molecule has 3 atom stereocenters. The molecule has 0 spiro atoms. The molecule has 0 amide bonds. The Morgan fingerprint density at radius 1 is 1.18 bits per heavy atom. The van der Waals surface area contributed by atoms with Crippen molar-refractivity contribution in [2.75, 3.05) is 13.2 Å². The van der Waals surface area contributed by atoms with Crippen LogP contribution in [-0.2, 0) is 11.3 Å². The molecule has 2 rings (SSSR count). The zero-order valence-electron chi connectivity index (χ0n) is 9.75. The molecule has 0 saturated carbocycles. The Balaban J connectivity index is 1.86. The molecule has 1 aliphatic heterocycles. The molecule has 1 aromatic carbocycles. The van der Waals surface area contributed by atoms with Crippen LogP contribution in [0.1, 0.15) is 12.0 Å². The lowest BCUT2D eigenvalue weighted by Crippen LogP contribution is -2.38. The predicted molar refractivity (Wildman–Crippen MR) is 64.5 cm³/mol. The second-order valence-corrected chi connectivity index (χ2v) is 4.41. The van der Waals surface area contributed by atoms with E-state index in [1.807, 2.05) is 30.3 Å². The third-order valence-corrected chi connectivity index (χ3v) is 3.14. The van der Waals surface area contributed by atoms with Crippen LogP contribution in [0.4, 0.5) is 0 Å². The van der Waals surface area contributed by atoms with Crippen LogP contribution in [0.25, 0.3) is 0 Å². The largest absolute Gasteiger partial charge is 0.395 e. The summed E-state index contributed by atoms with van der Waals surface area (Å²) in [5, 5.41) is 21.5. The van der Waals surface area contributed by atoms with Crippen LogP contribution in [0.5, 0.6) is 0 Å². The summed E-state index contributed by atoms with van der Waals surface area (Å²) >= 11 is 0. The van der Waals surface area contributed by atoms with Crippen LogP contribution in [-0.4, -0.2) is 41.6 Å². The number of benzene rings is 1. The van der Waals surface area contributed by atoms with E-state index in [9.17, 15) is 5.11 Å². The smallest absolute Gasteiger partial charge is 0.0770 e. The number of aliphatic hydroxyl groups excluding tert-OH is 2. The monoisotopic (exact) mass is 237 g/mol. The van der Waals surface area contributed by atoms with Gasteiger partial charge in [0.1, 0.15) is 0 Å². The lowest BCUT2D eigenvalue weighted by atomic mass is 10.1. The fraction of sp³-hybridized carbons (Fsp3) is 0.538. The molecule has 0 unspecified atom stereocenters. The standard InChI is InChI=1S/C13H19NO3/c15-7-11-6-13(12(8-16)14-11)17-9-10-4-2-1-3-5-10/h1-5,11-16H,6-9H2/t11-,12-,13+/m1/s1. The molecular weight excluding hydrogens is 218 g/mol. The minimum absolute atomic E-state index is 0.0302. The maximum Gasteiger partial charge on any atom is 0.0770 e. The van der Waals surface area contributed by atoms with Gasteiger partial charge in [-0.25, -0.2) is 0 Å². The minimum atomic E-state index is -0.0733. The second-order valence-electron chi connectivity index (χ2n) is 4.41. The molecule has 1 fully saturated rings. The first-order valence-corrected chi connectivity index (χ1v) is 5.96. The molecule has 0 bridgehead atoms. The van der Waals surface area contributed by atoms with Gasteiger partial charge in [0.25, 0.3) is 0 Å². The van der Waals surface area contributed by atoms with Crippen molar-refractivity contribution in [3.63, 3.8) is 0 Å². The van der Waals surface area contributed by atoms with E-state index in [2.05, 4.69) is 5.32 Å². The Kier molecular flexibility index (Phi) is 4.50. The van der Waals surface area contributed by atoms with Gasteiger partial charge in [-0.3, -0.25) is 0 Å². The summed E-state index contributed by atoms with van der Waals surface area (Å²) in [6, 6.07) is 9.92. The molecule has 1 aliphatic rings. The van der Waals surface area contributed by atoms with Crippen LogP contribution in [0, 0.1) is 0 Å². The zero-order chi connectivity index (χ0) is 12.1. The third kappa shape index (κ3) is 3.26. The zero-order valence-corrected chi connectivity index (χ0v) is 9.75. The fourth-order valence-corrected chi connectivity index (χ4v) is 2.18. The highest BCUT2D eigenvalue weighted by Crippen LogP contribution is 2.18. The first-order chi connectivity index (χ1) is 8.33. The Morgan fingerprint density at radius 2 is 1.94 bits per heavy atom. The molecule has 0 aliphatic carbocycles. The van der Waals surface area contributed by atoms with Gasteiger partial charge in [-0.05, 0) is 12.0 Å². The van der Waals surface area contributed by atoms with Crippen molar-refractivity contribution in [3.8, 4) is 0 Å². The van der Waals surface area contributed by atoms with E-state index in [1.54, 1.807) is 0 Å². The normalized spacial score (nSPS) is 28.5. The van der Waals surface area contributed by atoms with Crippen molar-refractivity contribution in [3.05, 3.63) is 35.9 Å². The molecule has 4 nitrogen and oxygen atoms in total. The van der Waals surface area contributed by atoms with Crippen molar-refractivity contribution in [2.24, 2.45) is 0 Å². The summed E-state index contributed by atoms with van der Waals surface area (Å²) < 4.78 is 5.79. The van der Waals surface area contributed by atoms with Gasteiger partial charge in [0, 0.05) is 6.04 Å². The molecule has 17 heavy (non-hydrogen) atoms. The average molecular weight is 237 g/mol. The molecule has 94 valence electrons. The average Bonchev–Trinajstić information content (AvgIpc) is 2.80. The van der Waals surface area contributed by atoms with E-state index < -0.39 is 0 Å². The number of hydrogen-bond acceptors (Lipinski definition) is 4. The van der Waals surface area contributed by atoms with Crippen molar-refractivity contribution in [1.82, 2.24) is 5.32 Å². The van der Waals surface area contributed by atoms with Crippen molar-refractivity contribution in [2.45, 2.75) is 31.2 Å². The maximum absolute atomic E-state index is 9.22. The number of ether oxygens (including phenoxy) is 1. The fourth-order valence-electron chi connectivity index (χ4n) is 2.18. The number of rotatable bonds is 5. The van der Waals surface area contributed by atoms with E-state index in [0.29, 0.717) is 6.61 Å². The summed E-state index contributed by atoms with van der Waals surface area (Å²) in [5.74, 6) is 0. The Bertz CT molecular complexity index is 331. The number of aliphatic hydroxyl groups is 2. The van der Waals surface area contributed by atoms with Gasteiger partial charge >= 0.3 is 0 Å². The van der Waals surface area contributed by atoms with Crippen LogP contribution < -0.4 is 5.32 Å². The SMILES string of the molecule is OC[C@H]1C[C@H](OCc2ccccc2)[C@@H](CO)N1. The lowest BCUT2D eigenvalue weighted by Gasteiger charge is -2.17. The Morgan fingerprint density at radius 3 is 2.59 bits per heavy atom. The van der Waals surface area contributed by atoms with Gasteiger partial charge in [0.15, 0.2) is 0 Å². The topological polar surface area (TPSA) is 61.7 Å². The van der Waals surface area contributed by atoms with E-state index in [0.717, 1.165) is 12.0 Å². The van der Waals surface area contributed by atoms with Gasteiger partial charge in [-0.1, -0.05) is 30.3 Å². The predicted octanol–water partition coefficient (Wildman–Crippen LogP) is 0.287. The van der Waals surface area contributed by atoms with Gasteiger partial charge < -0.3 is 20.3 Å². The van der Waals surface area contributed by atoms with E-state index >= 15 is 0 Å². The van der Waals surface area contributed by atoms with E-state index in [4.69, 9.17) is 9.84 Å². The first kappa shape index (κ1) is 12.5. The summed E-state index contributed by atoms with van der Waals surface area (Å²) in [6.07, 6.45) is 0.714. The van der Waals surface area contributed by atoms with Gasteiger partial charge in [0.2, 0.25) is 0 Å². The Labute approximate surface area is 101 Å². The van der Waals surface area contributed by atoms with Gasteiger partial charge in [0.05, 0.1) is 32.0 Å².